The summed E-state index contributed by atoms with van der Waals surface area (Å²) in [6.45, 7) is 5.61. The minimum absolute atomic E-state index is 0.0290. The molecular weight excluding hydrogens is 208 g/mol. The molecule has 1 rings (SSSR count). The van der Waals surface area contributed by atoms with Crippen molar-refractivity contribution in [1.82, 2.24) is 0 Å². The molecule has 0 aliphatic carbocycles. The maximum Gasteiger partial charge on any atom is 0.335 e. The van der Waals surface area contributed by atoms with Gasteiger partial charge in [-0.15, -0.1) is 0 Å². The van der Waals surface area contributed by atoms with E-state index in [9.17, 15) is 9.90 Å². The van der Waals surface area contributed by atoms with E-state index in [1.54, 1.807) is 0 Å². The van der Waals surface area contributed by atoms with Gasteiger partial charge in [0.2, 0.25) is 0 Å². The molecule has 0 bridgehead atoms. The van der Waals surface area contributed by atoms with Gasteiger partial charge in [0.15, 0.2) is 0 Å². The van der Waals surface area contributed by atoms with Crippen molar-refractivity contribution in [3.63, 3.8) is 0 Å². The first-order valence-corrected chi connectivity index (χ1v) is 5.69. The molecule has 1 fully saturated rings. The Morgan fingerprint density at radius 3 is 2.88 bits per heavy atom. The van der Waals surface area contributed by atoms with E-state index in [1.165, 1.54) is 7.11 Å². The Morgan fingerprint density at radius 2 is 2.31 bits per heavy atom. The molecule has 0 saturated carbocycles. The fourth-order valence-electron chi connectivity index (χ4n) is 1.87. The first kappa shape index (κ1) is 13.2. The van der Waals surface area contributed by atoms with Gasteiger partial charge in [-0.1, -0.05) is 13.5 Å². The van der Waals surface area contributed by atoms with E-state index in [4.69, 9.17) is 4.74 Å². The highest BCUT2D eigenvalue weighted by Crippen LogP contribution is 2.27. The van der Waals surface area contributed by atoms with Gasteiger partial charge in [-0.2, -0.15) is 0 Å². The predicted octanol–water partition coefficient (Wildman–Crippen LogP) is 1.42. The zero-order valence-corrected chi connectivity index (χ0v) is 9.94. The molecule has 0 aromatic carbocycles. The van der Waals surface area contributed by atoms with Crippen LogP contribution in [0.5, 0.6) is 0 Å². The molecule has 0 unspecified atom stereocenters. The number of carbonyl (C=O) groups is 1. The molecule has 3 atom stereocenters. The van der Waals surface area contributed by atoms with Crippen LogP contribution in [0.2, 0.25) is 0 Å². The maximum absolute atomic E-state index is 11.2. The molecule has 1 N–H and O–H groups in total. The van der Waals surface area contributed by atoms with Gasteiger partial charge in [-0.3, -0.25) is 0 Å². The third-order valence-electron chi connectivity index (χ3n) is 2.95. The van der Waals surface area contributed by atoms with E-state index >= 15 is 0 Å². The molecule has 92 valence electrons. The number of hydrogen-bond acceptors (Lipinski definition) is 4. The quantitative estimate of drug-likeness (QED) is 0.571. The third-order valence-corrected chi connectivity index (χ3v) is 2.95. The second-order valence-corrected chi connectivity index (χ2v) is 4.14. The third kappa shape index (κ3) is 3.32. The monoisotopic (exact) mass is 228 g/mol. The smallest absolute Gasteiger partial charge is 0.335 e. The number of aliphatic hydroxyl groups is 1. The lowest BCUT2D eigenvalue weighted by atomic mass is 10.1. The van der Waals surface area contributed by atoms with Gasteiger partial charge in [0.05, 0.1) is 31.0 Å². The highest BCUT2D eigenvalue weighted by Gasteiger charge is 2.31. The summed E-state index contributed by atoms with van der Waals surface area (Å²) >= 11 is 0. The molecule has 0 amide bonds. The number of ether oxygens (including phenoxy) is 2. The van der Waals surface area contributed by atoms with Crippen molar-refractivity contribution in [2.45, 2.75) is 50.9 Å². The summed E-state index contributed by atoms with van der Waals surface area (Å²) in [5.74, 6) is -0.415. The molecule has 0 radical (unpaired) electrons. The van der Waals surface area contributed by atoms with Crippen LogP contribution in [0.15, 0.2) is 12.2 Å². The second kappa shape index (κ2) is 6.01. The lowest BCUT2D eigenvalue weighted by molar-refractivity contribution is -0.137. The molecule has 1 saturated heterocycles. The topological polar surface area (TPSA) is 55.8 Å². The summed E-state index contributed by atoms with van der Waals surface area (Å²) < 4.78 is 10.3. The minimum Gasteiger partial charge on any atom is -0.466 e. The fraction of sp³-hybridized carbons (Fsp3) is 0.750. The molecule has 4 nitrogen and oxygen atoms in total. The summed E-state index contributed by atoms with van der Waals surface area (Å²) in [4.78, 5) is 11.2. The van der Waals surface area contributed by atoms with Crippen LogP contribution in [0, 0.1) is 0 Å². The molecule has 0 aromatic rings. The second-order valence-electron chi connectivity index (χ2n) is 4.14. The van der Waals surface area contributed by atoms with E-state index in [2.05, 4.69) is 11.3 Å². The SMILES string of the molecule is C=C(C(=O)OC)[C@@H]1CC[C@H](C[C@H](O)CC)O1. The van der Waals surface area contributed by atoms with Crippen molar-refractivity contribution in [3.8, 4) is 0 Å². The Hall–Kier alpha value is -0.870. The molecule has 16 heavy (non-hydrogen) atoms. The van der Waals surface area contributed by atoms with Crippen LogP contribution < -0.4 is 0 Å². The van der Waals surface area contributed by atoms with Gasteiger partial charge in [-0.25, -0.2) is 4.79 Å². The van der Waals surface area contributed by atoms with Crippen LogP contribution >= 0.6 is 0 Å². The lowest BCUT2D eigenvalue weighted by Crippen LogP contribution is -2.21. The summed E-state index contributed by atoms with van der Waals surface area (Å²) in [5.41, 5.74) is 0.371. The van der Waals surface area contributed by atoms with Gasteiger partial charge < -0.3 is 14.6 Å². The number of hydrogen-bond donors (Lipinski definition) is 1. The van der Waals surface area contributed by atoms with Crippen molar-refractivity contribution in [2.75, 3.05) is 7.11 Å². The van der Waals surface area contributed by atoms with Crippen LogP contribution in [-0.4, -0.2) is 36.5 Å². The minimum atomic E-state index is -0.415. The van der Waals surface area contributed by atoms with Crippen molar-refractivity contribution in [3.05, 3.63) is 12.2 Å². The fourth-order valence-corrected chi connectivity index (χ4v) is 1.87. The summed E-state index contributed by atoms with van der Waals surface area (Å²) in [6, 6.07) is 0. The number of esters is 1. The number of carbonyl (C=O) groups excluding carboxylic acids is 1. The summed E-state index contributed by atoms with van der Waals surface area (Å²) in [5, 5.41) is 9.50. The predicted molar refractivity (Wildman–Crippen MR) is 60.0 cm³/mol. The Bertz CT molecular complexity index is 262. The van der Waals surface area contributed by atoms with Crippen LogP contribution in [0.3, 0.4) is 0 Å². The van der Waals surface area contributed by atoms with Crippen LogP contribution in [0.25, 0.3) is 0 Å². The molecule has 1 aliphatic rings. The van der Waals surface area contributed by atoms with Crippen LogP contribution in [0.4, 0.5) is 0 Å². The molecule has 4 heteroatoms. The molecule has 0 spiro atoms. The van der Waals surface area contributed by atoms with E-state index in [0.29, 0.717) is 12.0 Å². The summed E-state index contributed by atoms with van der Waals surface area (Å²) in [6.07, 6.45) is 2.44. The Labute approximate surface area is 96.2 Å². The zero-order valence-electron chi connectivity index (χ0n) is 9.94. The van der Waals surface area contributed by atoms with E-state index in [0.717, 1.165) is 19.3 Å². The maximum atomic E-state index is 11.2. The lowest BCUT2D eigenvalue weighted by Gasteiger charge is -2.16. The molecule has 0 aromatic heterocycles. The summed E-state index contributed by atoms with van der Waals surface area (Å²) in [7, 11) is 1.33. The molecular formula is C12H20O4. The van der Waals surface area contributed by atoms with E-state index in [1.807, 2.05) is 6.92 Å². The van der Waals surface area contributed by atoms with Gasteiger partial charge in [0.25, 0.3) is 0 Å². The largest absolute Gasteiger partial charge is 0.466 e. The Morgan fingerprint density at radius 1 is 1.62 bits per heavy atom. The first-order valence-electron chi connectivity index (χ1n) is 5.69. The Kier molecular flexibility index (Phi) is 4.96. The average Bonchev–Trinajstić information content (AvgIpc) is 2.75. The van der Waals surface area contributed by atoms with Gasteiger partial charge in [-0.05, 0) is 25.7 Å². The normalized spacial score (nSPS) is 26.4. The van der Waals surface area contributed by atoms with Crippen molar-refractivity contribution < 1.29 is 19.4 Å². The van der Waals surface area contributed by atoms with E-state index in [-0.39, 0.29) is 18.3 Å². The number of rotatable bonds is 5. The molecule has 1 aliphatic heterocycles. The highest BCUT2D eigenvalue weighted by molar-refractivity contribution is 5.88. The average molecular weight is 228 g/mol. The highest BCUT2D eigenvalue weighted by atomic mass is 16.5. The Balaban J connectivity index is 2.40. The van der Waals surface area contributed by atoms with Crippen LogP contribution in [-0.2, 0) is 14.3 Å². The first-order chi connectivity index (χ1) is 7.58. The van der Waals surface area contributed by atoms with Gasteiger partial charge in [0.1, 0.15) is 0 Å². The van der Waals surface area contributed by atoms with E-state index < -0.39 is 5.97 Å². The van der Waals surface area contributed by atoms with Crippen molar-refractivity contribution in [1.29, 1.82) is 0 Å². The zero-order chi connectivity index (χ0) is 12.1. The van der Waals surface area contributed by atoms with Gasteiger partial charge in [0, 0.05) is 0 Å². The van der Waals surface area contributed by atoms with Gasteiger partial charge >= 0.3 is 5.97 Å². The number of methoxy groups -OCH3 is 1. The standard InChI is InChI=1S/C12H20O4/c1-4-9(13)7-10-5-6-11(16-10)8(2)12(14)15-3/h9-11,13H,2,4-7H2,1,3H3/t9-,10-,11+/m1/s1. The number of aliphatic hydroxyl groups excluding tert-OH is 1. The van der Waals surface area contributed by atoms with Crippen molar-refractivity contribution >= 4 is 5.97 Å². The van der Waals surface area contributed by atoms with Crippen LogP contribution in [0.1, 0.15) is 32.6 Å². The molecule has 1 heterocycles. The van der Waals surface area contributed by atoms with Crippen molar-refractivity contribution in [2.24, 2.45) is 0 Å².